The minimum Gasteiger partial charge on any atom is -0.357 e. The zero-order chi connectivity index (χ0) is 16.9. The molecule has 0 aliphatic carbocycles. The molecule has 0 saturated heterocycles. The molecule has 0 aliphatic heterocycles. The number of nitrogens with zero attached hydrogens (tertiary/aromatic N) is 2. The van der Waals surface area contributed by atoms with Crippen molar-refractivity contribution >= 4 is 17.5 Å². The van der Waals surface area contributed by atoms with Crippen LogP contribution in [-0.4, -0.2) is 17.0 Å². The van der Waals surface area contributed by atoms with E-state index in [0.717, 1.165) is 29.2 Å². The SMILES string of the molecule is CCc1cccc(C)c1Nc1cc(-c2ccccc2)nc(NC)n1. The number of aryl methyl sites for hydroxylation is 2. The van der Waals surface area contributed by atoms with Crippen LogP contribution >= 0.6 is 0 Å². The molecule has 3 rings (SSSR count). The van der Waals surface area contributed by atoms with Gasteiger partial charge in [0.1, 0.15) is 5.82 Å². The van der Waals surface area contributed by atoms with Gasteiger partial charge in [0.05, 0.1) is 5.69 Å². The summed E-state index contributed by atoms with van der Waals surface area (Å²) in [7, 11) is 1.83. The number of aromatic nitrogens is 2. The molecule has 0 radical (unpaired) electrons. The molecule has 1 aromatic heterocycles. The van der Waals surface area contributed by atoms with E-state index in [2.05, 4.69) is 64.8 Å². The minimum atomic E-state index is 0.602. The van der Waals surface area contributed by atoms with Gasteiger partial charge in [0.2, 0.25) is 5.95 Å². The number of para-hydroxylation sites is 1. The van der Waals surface area contributed by atoms with Crippen LogP contribution in [0, 0.1) is 6.92 Å². The Labute approximate surface area is 143 Å². The van der Waals surface area contributed by atoms with Crippen LogP contribution in [0.25, 0.3) is 11.3 Å². The van der Waals surface area contributed by atoms with Crippen molar-refractivity contribution in [2.75, 3.05) is 17.7 Å². The molecular weight excluding hydrogens is 296 g/mol. The summed E-state index contributed by atoms with van der Waals surface area (Å²) >= 11 is 0. The first-order valence-electron chi connectivity index (χ1n) is 8.19. The van der Waals surface area contributed by atoms with Crippen molar-refractivity contribution in [1.29, 1.82) is 0 Å². The molecule has 122 valence electrons. The van der Waals surface area contributed by atoms with Crippen molar-refractivity contribution in [3.8, 4) is 11.3 Å². The van der Waals surface area contributed by atoms with Crippen molar-refractivity contribution in [2.24, 2.45) is 0 Å². The quantitative estimate of drug-likeness (QED) is 0.709. The first-order chi connectivity index (χ1) is 11.7. The third-order valence-electron chi connectivity index (χ3n) is 4.01. The average Bonchev–Trinajstić information content (AvgIpc) is 2.64. The Kier molecular flexibility index (Phi) is 4.75. The van der Waals surface area contributed by atoms with Crippen LogP contribution in [0.15, 0.2) is 54.6 Å². The average molecular weight is 318 g/mol. The Morgan fingerprint density at radius 1 is 0.958 bits per heavy atom. The van der Waals surface area contributed by atoms with Gasteiger partial charge in [-0.1, -0.05) is 55.5 Å². The van der Waals surface area contributed by atoms with Crippen molar-refractivity contribution in [3.05, 3.63) is 65.7 Å². The molecule has 2 aromatic carbocycles. The largest absolute Gasteiger partial charge is 0.357 e. The third kappa shape index (κ3) is 3.38. The molecule has 24 heavy (non-hydrogen) atoms. The van der Waals surface area contributed by atoms with Crippen LogP contribution < -0.4 is 10.6 Å². The molecule has 3 aromatic rings. The number of benzene rings is 2. The standard InChI is InChI=1S/C20H22N4/c1-4-15-12-8-9-14(2)19(15)23-18-13-17(22-20(21-3)24-18)16-10-6-5-7-11-16/h5-13H,4H2,1-3H3,(H2,21,22,23,24). The van der Waals surface area contributed by atoms with E-state index in [9.17, 15) is 0 Å². The Hall–Kier alpha value is -2.88. The van der Waals surface area contributed by atoms with Gasteiger partial charge in [-0.05, 0) is 24.5 Å². The lowest BCUT2D eigenvalue weighted by atomic mass is 10.1. The van der Waals surface area contributed by atoms with E-state index in [1.807, 2.05) is 31.3 Å². The highest BCUT2D eigenvalue weighted by atomic mass is 15.1. The van der Waals surface area contributed by atoms with E-state index in [4.69, 9.17) is 0 Å². The van der Waals surface area contributed by atoms with Gasteiger partial charge in [-0.15, -0.1) is 0 Å². The summed E-state index contributed by atoms with van der Waals surface area (Å²) in [5, 5.41) is 6.53. The van der Waals surface area contributed by atoms with Crippen LogP contribution in [0.4, 0.5) is 17.5 Å². The zero-order valence-corrected chi connectivity index (χ0v) is 14.3. The molecule has 0 amide bonds. The van der Waals surface area contributed by atoms with Crippen molar-refractivity contribution in [2.45, 2.75) is 20.3 Å². The fourth-order valence-corrected chi connectivity index (χ4v) is 2.71. The number of nitrogens with one attached hydrogen (secondary N) is 2. The number of hydrogen-bond acceptors (Lipinski definition) is 4. The Morgan fingerprint density at radius 2 is 1.75 bits per heavy atom. The van der Waals surface area contributed by atoms with Gasteiger partial charge in [0.25, 0.3) is 0 Å². The molecule has 4 nitrogen and oxygen atoms in total. The molecule has 2 N–H and O–H groups in total. The molecule has 0 atom stereocenters. The molecule has 0 saturated carbocycles. The van der Waals surface area contributed by atoms with Gasteiger partial charge in [-0.2, -0.15) is 4.98 Å². The lowest BCUT2D eigenvalue weighted by molar-refractivity contribution is 1.12. The molecule has 0 unspecified atom stereocenters. The summed E-state index contributed by atoms with van der Waals surface area (Å²) in [6.07, 6.45) is 0.972. The topological polar surface area (TPSA) is 49.8 Å². The maximum Gasteiger partial charge on any atom is 0.224 e. The monoisotopic (exact) mass is 318 g/mol. The molecular formula is C20H22N4. The van der Waals surface area contributed by atoms with E-state index >= 15 is 0 Å². The molecule has 0 fully saturated rings. The summed E-state index contributed by atoms with van der Waals surface area (Å²) in [5.74, 6) is 1.39. The number of hydrogen-bond donors (Lipinski definition) is 2. The van der Waals surface area contributed by atoms with Crippen LogP contribution in [-0.2, 0) is 6.42 Å². The van der Waals surface area contributed by atoms with Crippen LogP contribution in [0.3, 0.4) is 0 Å². The van der Waals surface area contributed by atoms with Gasteiger partial charge in [-0.25, -0.2) is 4.98 Å². The lowest BCUT2D eigenvalue weighted by Crippen LogP contribution is -2.04. The van der Waals surface area contributed by atoms with E-state index in [1.165, 1.54) is 11.1 Å². The number of rotatable bonds is 5. The van der Waals surface area contributed by atoms with Crippen LogP contribution in [0.2, 0.25) is 0 Å². The smallest absolute Gasteiger partial charge is 0.224 e. The maximum atomic E-state index is 4.57. The minimum absolute atomic E-state index is 0.602. The summed E-state index contributed by atoms with van der Waals surface area (Å²) < 4.78 is 0. The van der Waals surface area contributed by atoms with Gasteiger partial charge < -0.3 is 10.6 Å². The zero-order valence-electron chi connectivity index (χ0n) is 14.3. The highest BCUT2D eigenvalue weighted by Gasteiger charge is 2.09. The van der Waals surface area contributed by atoms with Gasteiger partial charge >= 0.3 is 0 Å². The second kappa shape index (κ2) is 7.13. The molecule has 0 spiro atoms. The van der Waals surface area contributed by atoms with Gasteiger partial charge in [0, 0.05) is 24.4 Å². The van der Waals surface area contributed by atoms with Crippen molar-refractivity contribution in [3.63, 3.8) is 0 Å². The molecule has 0 bridgehead atoms. The van der Waals surface area contributed by atoms with Crippen molar-refractivity contribution in [1.82, 2.24) is 9.97 Å². The Morgan fingerprint density at radius 3 is 2.46 bits per heavy atom. The molecule has 0 aliphatic rings. The van der Waals surface area contributed by atoms with E-state index in [0.29, 0.717) is 5.95 Å². The predicted molar refractivity (Wildman–Crippen MR) is 101 cm³/mol. The summed E-state index contributed by atoms with van der Waals surface area (Å²) in [6.45, 7) is 4.27. The Bertz CT molecular complexity index is 828. The lowest BCUT2D eigenvalue weighted by Gasteiger charge is -2.15. The van der Waals surface area contributed by atoms with E-state index in [1.54, 1.807) is 0 Å². The fraction of sp³-hybridized carbons (Fsp3) is 0.200. The second-order valence-corrected chi connectivity index (χ2v) is 5.67. The van der Waals surface area contributed by atoms with E-state index in [-0.39, 0.29) is 0 Å². The Balaban J connectivity index is 2.03. The van der Waals surface area contributed by atoms with Gasteiger partial charge in [-0.3, -0.25) is 0 Å². The third-order valence-corrected chi connectivity index (χ3v) is 4.01. The van der Waals surface area contributed by atoms with Crippen molar-refractivity contribution < 1.29 is 0 Å². The van der Waals surface area contributed by atoms with Crippen LogP contribution in [0.1, 0.15) is 18.1 Å². The first-order valence-corrected chi connectivity index (χ1v) is 8.19. The summed E-state index contributed by atoms with van der Waals surface area (Å²) in [5.41, 5.74) is 5.57. The normalized spacial score (nSPS) is 10.5. The van der Waals surface area contributed by atoms with Gasteiger partial charge in [0.15, 0.2) is 0 Å². The summed E-state index contributed by atoms with van der Waals surface area (Å²) in [4.78, 5) is 9.12. The summed E-state index contributed by atoms with van der Waals surface area (Å²) in [6, 6.07) is 18.5. The second-order valence-electron chi connectivity index (χ2n) is 5.67. The van der Waals surface area contributed by atoms with E-state index < -0.39 is 0 Å². The molecule has 4 heteroatoms. The highest BCUT2D eigenvalue weighted by Crippen LogP contribution is 2.27. The maximum absolute atomic E-state index is 4.57. The number of anilines is 3. The first kappa shape index (κ1) is 16.0. The highest BCUT2D eigenvalue weighted by molar-refractivity contribution is 5.70. The molecule has 1 heterocycles. The predicted octanol–water partition coefficient (Wildman–Crippen LogP) is 4.80. The van der Waals surface area contributed by atoms with Crippen LogP contribution in [0.5, 0.6) is 0 Å². The fourth-order valence-electron chi connectivity index (χ4n) is 2.71.